The van der Waals surface area contributed by atoms with E-state index < -0.39 is 14.9 Å². The summed E-state index contributed by atoms with van der Waals surface area (Å²) < 4.78 is 27.9. The molecule has 0 bridgehead atoms. The molecule has 2 rings (SSSR count). The van der Waals surface area contributed by atoms with Gasteiger partial charge in [0.2, 0.25) is 15.9 Å². The summed E-state index contributed by atoms with van der Waals surface area (Å²) >= 11 is 0. The predicted octanol–water partition coefficient (Wildman–Crippen LogP) is 2.00. The summed E-state index contributed by atoms with van der Waals surface area (Å²) in [6.45, 7) is 4.10. The number of benzene rings is 1. The van der Waals surface area contributed by atoms with Gasteiger partial charge in [-0.05, 0) is 43.7 Å². The third kappa shape index (κ3) is 6.17. The Bertz CT molecular complexity index is 789. The van der Waals surface area contributed by atoms with Gasteiger partial charge in [0, 0.05) is 32.1 Å². The second kappa shape index (κ2) is 9.14. The minimum atomic E-state index is -3.83. The number of nitro benzene ring substituents is 1. The molecule has 1 aromatic carbocycles. The molecule has 9 nitrogen and oxygen atoms in total. The van der Waals surface area contributed by atoms with Crippen molar-refractivity contribution in [2.45, 2.75) is 50.5 Å². The normalized spacial score (nSPS) is 20.1. The van der Waals surface area contributed by atoms with Gasteiger partial charge in [-0.2, -0.15) is 0 Å². The monoisotopic (exact) mass is 398 g/mol. The third-order valence-corrected chi connectivity index (χ3v) is 6.15. The Balaban J connectivity index is 2.11. The van der Waals surface area contributed by atoms with Gasteiger partial charge in [-0.15, -0.1) is 0 Å². The van der Waals surface area contributed by atoms with Crippen molar-refractivity contribution in [1.29, 1.82) is 0 Å². The van der Waals surface area contributed by atoms with Gasteiger partial charge in [0.25, 0.3) is 5.69 Å². The Morgan fingerprint density at radius 3 is 2.48 bits per heavy atom. The van der Waals surface area contributed by atoms with Crippen LogP contribution < -0.4 is 15.4 Å². The van der Waals surface area contributed by atoms with E-state index in [1.54, 1.807) is 0 Å². The van der Waals surface area contributed by atoms with E-state index in [1.165, 1.54) is 19.1 Å². The molecule has 0 heterocycles. The van der Waals surface area contributed by atoms with Crippen LogP contribution in [0.1, 0.15) is 39.5 Å². The van der Waals surface area contributed by atoms with Crippen LogP contribution in [0.5, 0.6) is 0 Å². The number of hydrogen-bond acceptors (Lipinski definition) is 6. The number of hydrogen-bond donors (Lipinski definition) is 3. The SMILES string of the molecule is CC(=O)NCCNc1ccc(S(=O)(=O)NC2CCC(C)CC2)cc1[N+](=O)[O-]. The molecule has 0 unspecified atom stereocenters. The average Bonchev–Trinajstić information content (AvgIpc) is 2.60. The van der Waals surface area contributed by atoms with Crippen molar-refractivity contribution in [3.05, 3.63) is 28.3 Å². The third-order valence-electron chi connectivity index (χ3n) is 4.63. The molecule has 0 aromatic heterocycles. The predicted molar refractivity (Wildman–Crippen MR) is 102 cm³/mol. The Labute approximate surface area is 159 Å². The Kier molecular flexibility index (Phi) is 7.14. The van der Waals surface area contributed by atoms with Gasteiger partial charge in [0.15, 0.2) is 0 Å². The van der Waals surface area contributed by atoms with Crippen molar-refractivity contribution >= 4 is 27.3 Å². The van der Waals surface area contributed by atoms with Crippen LogP contribution in [0.3, 0.4) is 0 Å². The highest BCUT2D eigenvalue weighted by atomic mass is 32.2. The first-order chi connectivity index (χ1) is 12.7. The van der Waals surface area contributed by atoms with Gasteiger partial charge in [-0.1, -0.05) is 6.92 Å². The first-order valence-electron chi connectivity index (χ1n) is 8.98. The lowest BCUT2D eigenvalue weighted by molar-refractivity contribution is -0.384. The van der Waals surface area contributed by atoms with Crippen molar-refractivity contribution in [1.82, 2.24) is 10.0 Å². The molecule has 0 radical (unpaired) electrons. The highest BCUT2D eigenvalue weighted by molar-refractivity contribution is 7.89. The number of anilines is 1. The maximum absolute atomic E-state index is 12.6. The fourth-order valence-corrected chi connectivity index (χ4v) is 4.40. The van der Waals surface area contributed by atoms with Gasteiger partial charge in [-0.25, -0.2) is 13.1 Å². The lowest BCUT2D eigenvalue weighted by atomic mass is 9.88. The molecule has 3 N–H and O–H groups in total. The minimum absolute atomic E-state index is 0.125. The zero-order valence-corrected chi connectivity index (χ0v) is 16.3. The van der Waals surface area contributed by atoms with Crippen LogP contribution in [0.15, 0.2) is 23.1 Å². The lowest BCUT2D eigenvalue weighted by Gasteiger charge is -2.26. The van der Waals surface area contributed by atoms with Crippen LogP contribution in [-0.4, -0.2) is 38.4 Å². The second-order valence-corrected chi connectivity index (χ2v) is 8.64. The summed E-state index contributed by atoms with van der Waals surface area (Å²) in [5.41, 5.74) is -0.117. The fraction of sp³-hybridized carbons (Fsp3) is 0.588. The van der Waals surface area contributed by atoms with Crippen LogP contribution in [0.2, 0.25) is 0 Å². The maximum atomic E-state index is 12.6. The van der Waals surface area contributed by atoms with Gasteiger partial charge in [0.1, 0.15) is 5.69 Å². The molecule has 1 amide bonds. The first-order valence-corrected chi connectivity index (χ1v) is 10.5. The van der Waals surface area contributed by atoms with Gasteiger partial charge in [0.05, 0.1) is 9.82 Å². The zero-order chi connectivity index (χ0) is 20.0. The molecule has 0 spiro atoms. The number of carbonyl (C=O) groups is 1. The molecule has 27 heavy (non-hydrogen) atoms. The van der Waals surface area contributed by atoms with E-state index in [2.05, 4.69) is 22.3 Å². The first kappa shape index (κ1) is 21.1. The molecule has 1 aromatic rings. The van der Waals surface area contributed by atoms with Gasteiger partial charge < -0.3 is 10.6 Å². The number of carbonyl (C=O) groups excluding carboxylic acids is 1. The summed E-state index contributed by atoms with van der Waals surface area (Å²) in [5, 5.41) is 16.8. The van der Waals surface area contributed by atoms with E-state index in [0.717, 1.165) is 31.7 Å². The number of nitrogens with one attached hydrogen (secondary N) is 3. The molecular formula is C17H26N4O5S. The zero-order valence-electron chi connectivity index (χ0n) is 15.5. The largest absolute Gasteiger partial charge is 0.378 e. The molecular weight excluding hydrogens is 372 g/mol. The summed E-state index contributed by atoms with van der Waals surface area (Å²) in [6.07, 6.45) is 3.46. The summed E-state index contributed by atoms with van der Waals surface area (Å²) in [4.78, 5) is 21.4. The molecule has 150 valence electrons. The van der Waals surface area contributed by atoms with Crippen molar-refractivity contribution in [3.8, 4) is 0 Å². The van der Waals surface area contributed by atoms with Crippen molar-refractivity contribution in [2.75, 3.05) is 18.4 Å². The fourth-order valence-electron chi connectivity index (χ4n) is 3.08. The van der Waals surface area contributed by atoms with E-state index in [9.17, 15) is 23.3 Å². The molecule has 10 heteroatoms. The molecule has 0 aliphatic heterocycles. The summed E-state index contributed by atoms with van der Waals surface area (Å²) in [6, 6.07) is 3.65. The van der Waals surface area contributed by atoms with Crippen molar-refractivity contribution < 1.29 is 18.1 Å². The molecule has 1 aliphatic rings. The molecule has 1 saturated carbocycles. The Morgan fingerprint density at radius 1 is 1.22 bits per heavy atom. The van der Waals surface area contributed by atoms with Gasteiger partial charge >= 0.3 is 0 Å². The highest BCUT2D eigenvalue weighted by Gasteiger charge is 2.26. The number of rotatable bonds is 8. The van der Waals surface area contributed by atoms with E-state index in [0.29, 0.717) is 12.5 Å². The number of nitrogens with zero attached hydrogens (tertiary/aromatic N) is 1. The highest BCUT2D eigenvalue weighted by Crippen LogP contribution is 2.29. The Hall–Kier alpha value is -2.20. The topological polar surface area (TPSA) is 130 Å². The van der Waals surface area contributed by atoms with Crippen LogP contribution >= 0.6 is 0 Å². The Morgan fingerprint density at radius 2 is 1.89 bits per heavy atom. The number of amides is 1. The van der Waals surface area contributed by atoms with E-state index in [-0.39, 0.29) is 34.8 Å². The summed E-state index contributed by atoms with van der Waals surface area (Å²) in [7, 11) is -3.83. The lowest BCUT2D eigenvalue weighted by Crippen LogP contribution is -2.37. The number of nitro groups is 1. The van der Waals surface area contributed by atoms with E-state index in [1.807, 2.05) is 0 Å². The van der Waals surface area contributed by atoms with Crippen LogP contribution in [0, 0.1) is 16.0 Å². The minimum Gasteiger partial charge on any atom is -0.378 e. The summed E-state index contributed by atoms with van der Waals surface area (Å²) in [5.74, 6) is 0.394. The quantitative estimate of drug-likeness (QED) is 0.349. The second-order valence-electron chi connectivity index (χ2n) is 6.92. The number of sulfonamides is 1. The van der Waals surface area contributed by atoms with Gasteiger partial charge in [-0.3, -0.25) is 14.9 Å². The van der Waals surface area contributed by atoms with E-state index >= 15 is 0 Å². The standard InChI is InChI=1S/C17H26N4O5S/c1-12-3-5-14(6-4-12)20-27(25,26)15-7-8-16(17(11-15)21(23)24)19-10-9-18-13(2)22/h7-8,11-12,14,19-20H,3-6,9-10H2,1-2H3,(H,18,22). The smallest absolute Gasteiger partial charge is 0.293 e. The van der Waals surface area contributed by atoms with Crippen molar-refractivity contribution in [3.63, 3.8) is 0 Å². The van der Waals surface area contributed by atoms with Crippen LogP contribution in [-0.2, 0) is 14.8 Å². The van der Waals surface area contributed by atoms with Crippen LogP contribution in [0.25, 0.3) is 0 Å². The molecule has 1 aliphatic carbocycles. The van der Waals surface area contributed by atoms with Crippen molar-refractivity contribution in [2.24, 2.45) is 5.92 Å². The molecule has 0 atom stereocenters. The van der Waals surface area contributed by atoms with E-state index in [4.69, 9.17) is 0 Å². The maximum Gasteiger partial charge on any atom is 0.293 e. The molecule has 1 fully saturated rings. The molecule has 0 saturated heterocycles. The average molecular weight is 398 g/mol. The van der Waals surface area contributed by atoms with Crippen LogP contribution in [0.4, 0.5) is 11.4 Å².